The molecule has 0 saturated carbocycles. The molecule has 9 heteroatoms. The molecule has 4 rings (SSSR count). The predicted molar refractivity (Wildman–Crippen MR) is 153 cm³/mol. The van der Waals surface area contributed by atoms with Gasteiger partial charge in [0, 0.05) is 36.3 Å². The van der Waals surface area contributed by atoms with Crippen molar-refractivity contribution >= 4 is 45.5 Å². The maximum Gasteiger partial charge on any atom is 0.311 e. The van der Waals surface area contributed by atoms with E-state index in [0.717, 1.165) is 24.8 Å². The molecule has 0 aromatic heterocycles. The van der Waals surface area contributed by atoms with Gasteiger partial charge in [0.2, 0.25) is 11.8 Å². The molecule has 1 aromatic carbocycles. The van der Waals surface area contributed by atoms with E-state index >= 15 is 0 Å². The molecule has 2 bridgehead atoms. The third-order valence-corrected chi connectivity index (χ3v) is 11.0. The van der Waals surface area contributed by atoms with Crippen molar-refractivity contribution in [3.63, 3.8) is 0 Å². The molecular formula is C29H37BrN2O5S. The van der Waals surface area contributed by atoms with Gasteiger partial charge < -0.3 is 19.6 Å². The van der Waals surface area contributed by atoms with E-state index in [1.54, 1.807) is 27.6 Å². The smallest absolute Gasteiger partial charge is 0.311 e. The van der Waals surface area contributed by atoms with Gasteiger partial charge in [-0.3, -0.25) is 14.4 Å². The van der Waals surface area contributed by atoms with Crippen molar-refractivity contribution in [2.24, 2.45) is 11.8 Å². The lowest BCUT2D eigenvalue weighted by Crippen LogP contribution is -2.55. The van der Waals surface area contributed by atoms with E-state index in [4.69, 9.17) is 9.84 Å². The number of benzene rings is 1. The van der Waals surface area contributed by atoms with Crippen LogP contribution in [0.4, 0.5) is 0 Å². The largest absolute Gasteiger partial charge is 0.461 e. The average Bonchev–Trinajstić information content (AvgIpc) is 3.50. The quantitative estimate of drug-likeness (QED) is 0.150. The van der Waals surface area contributed by atoms with Gasteiger partial charge in [-0.2, -0.15) is 0 Å². The summed E-state index contributed by atoms with van der Waals surface area (Å²) in [4.78, 5) is 45.2. The van der Waals surface area contributed by atoms with Crippen molar-refractivity contribution in [1.82, 2.24) is 9.80 Å². The number of carbonyl (C=O) groups excluding carboxylic acids is 3. The number of rotatable bonds is 14. The van der Waals surface area contributed by atoms with Crippen LogP contribution in [-0.4, -0.2) is 79.9 Å². The number of hydrogen-bond acceptors (Lipinski definition) is 6. The normalized spacial score (nSPS) is 29.3. The molecule has 38 heavy (non-hydrogen) atoms. The minimum absolute atomic E-state index is 0.000358. The number of amides is 2. The number of halogens is 1. The Morgan fingerprint density at radius 3 is 2.61 bits per heavy atom. The third kappa shape index (κ3) is 5.47. The van der Waals surface area contributed by atoms with Crippen LogP contribution in [0.25, 0.3) is 0 Å². The maximum absolute atomic E-state index is 14.4. The first kappa shape index (κ1) is 28.9. The number of aliphatic hydroxyl groups is 1. The van der Waals surface area contributed by atoms with E-state index in [2.05, 4.69) is 29.1 Å². The Balaban J connectivity index is 1.67. The van der Waals surface area contributed by atoms with Crippen molar-refractivity contribution in [1.29, 1.82) is 0 Å². The number of nitrogens with zero attached hydrogens (tertiary/aromatic N) is 2. The Hall–Kier alpha value is -2.10. The summed E-state index contributed by atoms with van der Waals surface area (Å²) in [5.74, 6) is -1.83. The van der Waals surface area contributed by atoms with Crippen LogP contribution in [0.15, 0.2) is 55.6 Å². The number of thioether (sulfide) groups is 1. The van der Waals surface area contributed by atoms with Crippen molar-refractivity contribution in [2.45, 2.75) is 59.5 Å². The van der Waals surface area contributed by atoms with Crippen molar-refractivity contribution in [2.75, 3.05) is 26.3 Å². The second-order valence-corrected chi connectivity index (χ2v) is 13.0. The fourth-order valence-corrected chi connectivity index (χ4v) is 9.86. The molecule has 206 valence electrons. The number of aliphatic hydroxyl groups excluding tert-OH is 1. The van der Waals surface area contributed by atoms with E-state index in [1.165, 1.54) is 6.08 Å². The monoisotopic (exact) mass is 604 g/mol. The molecule has 2 amide bonds. The van der Waals surface area contributed by atoms with E-state index in [1.807, 2.05) is 30.3 Å². The summed E-state index contributed by atoms with van der Waals surface area (Å²) in [6.07, 6.45) is 7.04. The van der Waals surface area contributed by atoms with Gasteiger partial charge in [-0.15, -0.1) is 18.3 Å². The van der Waals surface area contributed by atoms with Gasteiger partial charge in [0.15, 0.2) is 0 Å². The first-order chi connectivity index (χ1) is 18.4. The summed E-state index contributed by atoms with van der Waals surface area (Å²) in [5, 5.41) is 9.00. The minimum atomic E-state index is -0.702. The summed E-state index contributed by atoms with van der Waals surface area (Å²) in [7, 11) is 0. The minimum Gasteiger partial charge on any atom is -0.461 e. The number of ether oxygens (including phenoxy) is 1. The van der Waals surface area contributed by atoms with Crippen LogP contribution in [0.1, 0.15) is 37.7 Å². The molecule has 0 radical (unpaired) electrons. The molecule has 6 atom stereocenters. The molecule has 7 nitrogen and oxygen atoms in total. The number of unbranched alkanes of at least 4 members (excludes halogenated alkanes) is 3. The van der Waals surface area contributed by atoms with Crippen LogP contribution in [0.2, 0.25) is 0 Å². The summed E-state index contributed by atoms with van der Waals surface area (Å²) in [6.45, 7) is 8.96. The maximum atomic E-state index is 14.4. The van der Waals surface area contributed by atoms with E-state index in [9.17, 15) is 14.4 Å². The van der Waals surface area contributed by atoms with E-state index in [-0.39, 0.29) is 35.1 Å². The highest BCUT2D eigenvalue weighted by Gasteiger charge is 2.76. The Labute approximate surface area is 237 Å². The molecule has 1 aromatic rings. The fourth-order valence-electron chi connectivity index (χ4n) is 6.27. The summed E-state index contributed by atoms with van der Waals surface area (Å²) >= 11 is 5.40. The second kappa shape index (κ2) is 12.8. The average molecular weight is 606 g/mol. The van der Waals surface area contributed by atoms with Crippen LogP contribution in [-0.2, 0) is 25.7 Å². The molecule has 3 aliphatic heterocycles. The van der Waals surface area contributed by atoms with Gasteiger partial charge in [0.1, 0.15) is 12.6 Å². The topological polar surface area (TPSA) is 87.2 Å². The highest BCUT2D eigenvalue weighted by molar-refractivity contribution is 9.09. The standard InChI is InChI=1S/C29H37BrN2O5S/c1-3-14-31(19-20-12-8-7-9-13-20)27(35)25-29-18-21(30)24(38-29)22(28(36)37-17-4-2)23(29)26(34)32(25)15-10-5-6-11-16-33/h3-4,7-9,12-13,21-25,33H,1-2,5-6,10-11,14-19H2/t21?,22-,23+,24-,25?,29?/m1/s1. The predicted octanol–water partition coefficient (Wildman–Crippen LogP) is 3.95. The highest BCUT2D eigenvalue weighted by atomic mass is 79.9. The summed E-state index contributed by atoms with van der Waals surface area (Å²) in [6, 6.07) is 9.13. The number of hydrogen-bond donors (Lipinski definition) is 1. The van der Waals surface area contributed by atoms with Gasteiger partial charge in [-0.25, -0.2) is 0 Å². The van der Waals surface area contributed by atoms with Crippen LogP contribution in [0.5, 0.6) is 0 Å². The van der Waals surface area contributed by atoms with E-state index < -0.39 is 28.6 Å². The third-order valence-electron chi connectivity index (χ3n) is 7.82. The highest BCUT2D eigenvalue weighted by Crippen LogP contribution is 2.68. The van der Waals surface area contributed by atoms with Crippen molar-refractivity contribution in [3.05, 3.63) is 61.2 Å². The Morgan fingerprint density at radius 1 is 1.18 bits per heavy atom. The van der Waals surface area contributed by atoms with Crippen LogP contribution in [0.3, 0.4) is 0 Å². The zero-order valence-corrected chi connectivity index (χ0v) is 24.1. The van der Waals surface area contributed by atoms with Gasteiger partial charge in [0.05, 0.1) is 16.6 Å². The Kier molecular flexibility index (Phi) is 9.76. The van der Waals surface area contributed by atoms with Gasteiger partial charge in [-0.1, -0.05) is 77.8 Å². The number of esters is 1. The first-order valence-corrected chi connectivity index (χ1v) is 15.1. The summed E-state index contributed by atoms with van der Waals surface area (Å²) in [5.41, 5.74) is 1.00. The lowest BCUT2D eigenvalue weighted by atomic mass is 9.71. The molecular weight excluding hydrogens is 568 g/mol. The van der Waals surface area contributed by atoms with Crippen LogP contribution >= 0.6 is 27.7 Å². The van der Waals surface area contributed by atoms with Crippen LogP contribution < -0.4 is 0 Å². The Morgan fingerprint density at radius 2 is 1.92 bits per heavy atom. The molecule has 3 fully saturated rings. The number of carbonyl (C=O) groups is 3. The molecule has 3 heterocycles. The fraction of sp³-hybridized carbons (Fsp3) is 0.552. The number of likely N-dealkylation sites (tertiary alicyclic amines) is 1. The lowest BCUT2D eigenvalue weighted by Gasteiger charge is -2.38. The molecule has 1 N–H and O–H groups in total. The zero-order valence-electron chi connectivity index (χ0n) is 21.7. The number of fused-ring (bicyclic) bond motifs is 1. The van der Waals surface area contributed by atoms with E-state index in [0.29, 0.717) is 32.5 Å². The molecule has 0 aliphatic carbocycles. The van der Waals surface area contributed by atoms with Gasteiger partial charge >= 0.3 is 5.97 Å². The van der Waals surface area contributed by atoms with Crippen molar-refractivity contribution in [3.8, 4) is 0 Å². The second-order valence-electron chi connectivity index (χ2n) is 10.2. The first-order valence-electron chi connectivity index (χ1n) is 13.3. The number of alkyl halides is 1. The Bertz CT molecular complexity index is 1040. The van der Waals surface area contributed by atoms with Gasteiger partial charge in [0.25, 0.3) is 0 Å². The lowest BCUT2D eigenvalue weighted by molar-refractivity contribution is -0.153. The van der Waals surface area contributed by atoms with Crippen molar-refractivity contribution < 1.29 is 24.2 Å². The molecule has 3 saturated heterocycles. The molecule has 3 aliphatic rings. The van der Waals surface area contributed by atoms with Crippen LogP contribution in [0, 0.1) is 11.8 Å². The molecule has 3 unspecified atom stereocenters. The SMILES string of the molecule is C=CCOC(=O)[C@H]1[C@@H]2SC3(CC2Br)C(C(=O)N(CC=C)Cc2ccccc2)N(CCCCCCO)C(=O)[C@H]13. The summed E-state index contributed by atoms with van der Waals surface area (Å²) < 4.78 is 4.75. The molecule has 1 spiro atoms. The van der Waals surface area contributed by atoms with Gasteiger partial charge in [-0.05, 0) is 24.8 Å². The zero-order chi connectivity index (χ0) is 27.3.